The minimum atomic E-state index is 0.328. The quantitative estimate of drug-likeness (QED) is 0.537. The van der Waals surface area contributed by atoms with Gasteiger partial charge in [-0.15, -0.1) is 0 Å². The fraction of sp³-hybridized carbons (Fsp3) is 0.700. The van der Waals surface area contributed by atoms with Crippen LogP contribution in [-0.4, -0.2) is 37.1 Å². The highest BCUT2D eigenvalue weighted by atomic mass is 17.2. The van der Waals surface area contributed by atoms with Crippen LogP contribution in [0.2, 0.25) is 0 Å². The molecular weight excluding hydrogens is 207 g/mol. The first kappa shape index (κ1) is 10.3. The highest BCUT2D eigenvalue weighted by molar-refractivity contribution is 6.30. The molecule has 5 nitrogen and oxygen atoms in total. The molecule has 3 rings (SSSR count). The Bertz CT molecular complexity index is 397. The van der Waals surface area contributed by atoms with Crippen molar-refractivity contribution in [3.8, 4) is 0 Å². The first-order chi connectivity index (χ1) is 7.77. The van der Waals surface area contributed by atoms with Crippen LogP contribution >= 0.6 is 0 Å². The molecule has 0 aromatic carbocycles. The van der Waals surface area contributed by atoms with E-state index in [4.69, 9.17) is 14.4 Å². The van der Waals surface area contributed by atoms with Crippen molar-refractivity contribution in [3.05, 3.63) is 17.0 Å². The van der Waals surface area contributed by atoms with Gasteiger partial charge in [-0.2, -0.15) is 5.10 Å². The van der Waals surface area contributed by atoms with Crippen molar-refractivity contribution in [2.45, 2.75) is 25.7 Å². The fourth-order valence-corrected chi connectivity index (χ4v) is 2.46. The van der Waals surface area contributed by atoms with Crippen LogP contribution < -0.4 is 0 Å². The number of ether oxygens (including phenoxy) is 1. The Hall–Kier alpha value is -0.845. The van der Waals surface area contributed by atoms with Crippen molar-refractivity contribution in [1.82, 2.24) is 9.78 Å². The molecule has 0 aliphatic carbocycles. The normalized spacial score (nSPS) is 25.5. The maximum absolute atomic E-state index is 5.21. The van der Waals surface area contributed by atoms with Gasteiger partial charge < -0.3 is 9.54 Å². The second-order valence-corrected chi connectivity index (χ2v) is 4.49. The second-order valence-electron chi connectivity index (χ2n) is 4.49. The Labute approximate surface area is 94.9 Å². The number of nitrogens with zero attached hydrogens (tertiary/aromatic N) is 2. The maximum Gasteiger partial charge on any atom is 0.333 e. The van der Waals surface area contributed by atoms with Crippen molar-refractivity contribution in [2.75, 3.05) is 19.8 Å². The van der Waals surface area contributed by atoms with Crippen molar-refractivity contribution in [1.29, 1.82) is 0 Å². The lowest BCUT2D eigenvalue weighted by Crippen LogP contribution is -2.32. The van der Waals surface area contributed by atoms with Crippen LogP contribution in [0.1, 0.15) is 28.8 Å². The zero-order valence-corrected chi connectivity index (χ0v) is 9.60. The van der Waals surface area contributed by atoms with Gasteiger partial charge >= 0.3 is 7.48 Å². The number of rotatable bonds is 2. The standard InChI is InChI=1S/C10H15BN2O3/c1-6-10(9-5-15-16-11-9)7(2)13(12-6)8-3-14-4-8/h8-9,11H,3-5H2,1-2H3. The largest absolute Gasteiger partial charge is 0.377 e. The van der Waals surface area contributed by atoms with Crippen LogP contribution in [-0.2, 0) is 14.4 Å². The Balaban J connectivity index is 1.94. The summed E-state index contributed by atoms with van der Waals surface area (Å²) in [6.07, 6.45) is 0. The van der Waals surface area contributed by atoms with Gasteiger partial charge in [-0.3, -0.25) is 9.57 Å². The smallest absolute Gasteiger partial charge is 0.333 e. The van der Waals surface area contributed by atoms with Crippen LogP contribution in [0.3, 0.4) is 0 Å². The SMILES string of the molecule is Cc1nn(C2COC2)c(C)c1C1BOOC1. The number of aromatic nitrogens is 2. The molecule has 0 saturated carbocycles. The maximum atomic E-state index is 5.21. The average Bonchev–Trinajstić information content (AvgIpc) is 2.74. The van der Waals surface area contributed by atoms with Crippen molar-refractivity contribution in [3.63, 3.8) is 0 Å². The van der Waals surface area contributed by atoms with Gasteiger partial charge in [0.15, 0.2) is 0 Å². The molecule has 0 N–H and O–H groups in total. The zero-order valence-electron chi connectivity index (χ0n) is 9.60. The molecule has 6 heteroatoms. The first-order valence-corrected chi connectivity index (χ1v) is 5.65. The van der Waals surface area contributed by atoms with Crippen molar-refractivity contribution < 1.29 is 14.4 Å². The monoisotopic (exact) mass is 222 g/mol. The van der Waals surface area contributed by atoms with E-state index in [-0.39, 0.29) is 0 Å². The summed E-state index contributed by atoms with van der Waals surface area (Å²) in [4.78, 5) is 9.94. The van der Waals surface area contributed by atoms with E-state index < -0.39 is 0 Å². The molecule has 2 saturated heterocycles. The van der Waals surface area contributed by atoms with Crippen LogP contribution in [0.4, 0.5) is 0 Å². The van der Waals surface area contributed by atoms with Gasteiger partial charge in [0.25, 0.3) is 0 Å². The van der Waals surface area contributed by atoms with Gasteiger partial charge in [0.2, 0.25) is 0 Å². The summed E-state index contributed by atoms with van der Waals surface area (Å²) in [7, 11) is 0.633. The third kappa shape index (κ3) is 1.49. The van der Waals surface area contributed by atoms with Gasteiger partial charge in [0.1, 0.15) is 0 Å². The third-order valence-corrected chi connectivity index (χ3v) is 3.38. The van der Waals surface area contributed by atoms with Gasteiger partial charge in [-0.05, 0) is 19.4 Å². The van der Waals surface area contributed by atoms with Gasteiger partial charge in [0, 0.05) is 11.5 Å². The van der Waals surface area contributed by atoms with Crippen LogP contribution in [0, 0.1) is 13.8 Å². The summed E-state index contributed by atoms with van der Waals surface area (Å²) in [6, 6.07) is 0.413. The molecule has 0 bridgehead atoms. The van der Waals surface area contributed by atoms with E-state index in [9.17, 15) is 0 Å². The molecule has 1 atom stereocenters. The summed E-state index contributed by atoms with van der Waals surface area (Å²) in [6.45, 7) is 6.36. The molecular formula is C10H15BN2O3. The minimum absolute atomic E-state index is 0.328. The molecule has 2 aliphatic heterocycles. The van der Waals surface area contributed by atoms with E-state index >= 15 is 0 Å². The lowest BCUT2D eigenvalue weighted by molar-refractivity contribution is -0.183. The zero-order chi connectivity index (χ0) is 11.1. The summed E-state index contributed by atoms with van der Waals surface area (Å²) in [5, 5.41) is 4.60. The van der Waals surface area contributed by atoms with Gasteiger partial charge in [-0.25, -0.2) is 0 Å². The first-order valence-electron chi connectivity index (χ1n) is 5.65. The molecule has 1 aromatic rings. The highest BCUT2D eigenvalue weighted by Crippen LogP contribution is 2.29. The fourth-order valence-electron chi connectivity index (χ4n) is 2.46. The molecule has 86 valence electrons. The number of aryl methyl sites for hydroxylation is 1. The Morgan fingerprint density at radius 1 is 1.31 bits per heavy atom. The molecule has 0 radical (unpaired) electrons. The van der Waals surface area contributed by atoms with Gasteiger partial charge in [-0.1, -0.05) is 0 Å². The van der Waals surface area contributed by atoms with Crippen molar-refractivity contribution >= 4 is 7.48 Å². The topological polar surface area (TPSA) is 45.5 Å². The molecule has 0 spiro atoms. The average molecular weight is 222 g/mol. The Morgan fingerprint density at radius 3 is 2.69 bits per heavy atom. The van der Waals surface area contributed by atoms with E-state index in [0.29, 0.717) is 25.9 Å². The van der Waals surface area contributed by atoms with Crippen LogP contribution in [0.15, 0.2) is 0 Å². The summed E-state index contributed by atoms with van der Waals surface area (Å²) >= 11 is 0. The molecule has 1 unspecified atom stereocenters. The minimum Gasteiger partial charge on any atom is -0.377 e. The number of hydrogen-bond donors (Lipinski definition) is 0. The predicted molar refractivity (Wildman–Crippen MR) is 58.5 cm³/mol. The predicted octanol–water partition coefficient (Wildman–Crippen LogP) is 0.426. The van der Waals surface area contributed by atoms with E-state index in [1.165, 1.54) is 11.3 Å². The molecule has 16 heavy (non-hydrogen) atoms. The molecule has 0 amide bonds. The van der Waals surface area contributed by atoms with Crippen molar-refractivity contribution in [2.24, 2.45) is 0 Å². The highest BCUT2D eigenvalue weighted by Gasteiger charge is 2.31. The Kier molecular flexibility index (Phi) is 2.50. The van der Waals surface area contributed by atoms with Gasteiger partial charge in [0.05, 0.1) is 31.6 Å². The molecule has 1 aromatic heterocycles. The second kappa shape index (κ2) is 3.87. The summed E-state index contributed by atoms with van der Waals surface area (Å²) < 4.78 is 7.30. The molecule has 2 fully saturated rings. The van der Waals surface area contributed by atoms with E-state index in [1.54, 1.807) is 0 Å². The third-order valence-electron chi connectivity index (χ3n) is 3.38. The molecule has 3 heterocycles. The molecule has 2 aliphatic rings. The Morgan fingerprint density at radius 2 is 2.12 bits per heavy atom. The lowest BCUT2D eigenvalue weighted by Gasteiger charge is -2.27. The van der Waals surface area contributed by atoms with Crippen LogP contribution in [0.25, 0.3) is 0 Å². The van der Waals surface area contributed by atoms with E-state index in [2.05, 4.69) is 23.6 Å². The van der Waals surface area contributed by atoms with E-state index in [0.717, 1.165) is 18.9 Å². The van der Waals surface area contributed by atoms with Crippen LogP contribution in [0.5, 0.6) is 0 Å². The lowest BCUT2D eigenvalue weighted by atomic mass is 9.76. The summed E-state index contributed by atoms with van der Waals surface area (Å²) in [5.74, 6) is 0.328. The summed E-state index contributed by atoms with van der Waals surface area (Å²) in [5.41, 5.74) is 3.60. The van der Waals surface area contributed by atoms with E-state index in [1.807, 2.05) is 0 Å². The number of hydrogen-bond acceptors (Lipinski definition) is 4.